The Morgan fingerprint density at radius 3 is 2.11 bits per heavy atom. The van der Waals surface area contributed by atoms with Crippen LogP contribution in [0.3, 0.4) is 0 Å². The molecule has 1 amide bonds. The number of anilines is 1. The fraction of sp³-hybridized carbons (Fsp3) is 0.318. The van der Waals surface area contributed by atoms with Gasteiger partial charge >= 0.3 is 11.9 Å². The van der Waals surface area contributed by atoms with E-state index in [0.717, 1.165) is 5.56 Å². The highest BCUT2D eigenvalue weighted by molar-refractivity contribution is 6.15. The van der Waals surface area contributed by atoms with Crippen LogP contribution in [-0.2, 0) is 35.8 Å². The number of rotatable bonds is 6. The maximum atomic E-state index is 13.1. The Kier molecular flexibility index (Phi) is 5.78. The van der Waals surface area contributed by atoms with Gasteiger partial charge < -0.3 is 14.4 Å². The zero-order chi connectivity index (χ0) is 20.1. The third-order valence-corrected chi connectivity index (χ3v) is 4.80. The molecule has 1 aliphatic rings. The van der Waals surface area contributed by atoms with Gasteiger partial charge in [0.1, 0.15) is 0 Å². The minimum atomic E-state index is -1.78. The second-order valence-corrected chi connectivity index (χ2v) is 6.51. The minimum absolute atomic E-state index is 0.101. The topological polar surface area (TPSA) is 72.9 Å². The van der Waals surface area contributed by atoms with Gasteiger partial charge in [0.2, 0.25) is 11.3 Å². The molecule has 6 heteroatoms. The number of para-hydroxylation sites is 1. The molecule has 0 radical (unpaired) electrons. The average molecular weight is 381 g/mol. The smallest absolute Gasteiger partial charge is 0.328 e. The number of esters is 2. The van der Waals surface area contributed by atoms with E-state index < -0.39 is 17.4 Å². The van der Waals surface area contributed by atoms with Crippen molar-refractivity contribution >= 4 is 23.5 Å². The summed E-state index contributed by atoms with van der Waals surface area (Å²) in [5, 5.41) is 0. The van der Waals surface area contributed by atoms with Crippen LogP contribution in [-0.4, -0.2) is 31.1 Å². The van der Waals surface area contributed by atoms with Crippen LogP contribution in [0.4, 0.5) is 5.69 Å². The lowest BCUT2D eigenvalue weighted by atomic mass is 9.73. The zero-order valence-corrected chi connectivity index (χ0v) is 16.0. The van der Waals surface area contributed by atoms with Gasteiger partial charge in [-0.3, -0.25) is 14.4 Å². The summed E-state index contributed by atoms with van der Waals surface area (Å²) < 4.78 is 10.4. The largest absolute Gasteiger partial charge is 0.465 e. The quantitative estimate of drug-likeness (QED) is 0.568. The molecular weight excluding hydrogens is 358 g/mol. The van der Waals surface area contributed by atoms with E-state index in [1.807, 2.05) is 30.3 Å². The Morgan fingerprint density at radius 2 is 1.50 bits per heavy atom. The summed E-state index contributed by atoms with van der Waals surface area (Å²) in [5.41, 5.74) is 0.115. The number of benzene rings is 2. The van der Waals surface area contributed by atoms with E-state index in [2.05, 4.69) is 0 Å². The van der Waals surface area contributed by atoms with Crippen LogP contribution in [0.15, 0.2) is 54.6 Å². The number of hydrogen-bond donors (Lipinski definition) is 0. The van der Waals surface area contributed by atoms with Crippen LogP contribution < -0.4 is 4.90 Å². The van der Waals surface area contributed by atoms with Crippen molar-refractivity contribution in [2.45, 2.75) is 32.2 Å². The van der Waals surface area contributed by atoms with Crippen LogP contribution >= 0.6 is 0 Å². The van der Waals surface area contributed by atoms with Crippen molar-refractivity contribution < 1.29 is 23.9 Å². The highest BCUT2D eigenvalue weighted by Gasteiger charge is 2.56. The molecule has 0 aromatic heterocycles. The SMILES string of the molecule is CCOC(=O)C1(C(=O)OCC)CC(=O)N(Cc2ccccc2)c2ccccc21. The summed E-state index contributed by atoms with van der Waals surface area (Å²) in [5.74, 6) is -1.84. The Hall–Kier alpha value is -3.15. The predicted octanol–water partition coefficient (Wildman–Crippen LogP) is 2.99. The van der Waals surface area contributed by atoms with Crippen molar-refractivity contribution in [1.29, 1.82) is 0 Å². The fourth-order valence-electron chi connectivity index (χ4n) is 3.52. The number of carbonyl (C=O) groups excluding carboxylic acids is 3. The van der Waals surface area contributed by atoms with Crippen molar-refractivity contribution in [2.75, 3.05) is 18.1 Å². The number of ether oxygens (including phenoxy) is 2. The van der Waals surface area contributed by atoms with Crippen LogP contribution in [0.1, 0.15) is 31.4 Å². The summed E-state index contributed by atoms with van der Waals surface area (Å²) in [7, 11) is 0. The summed E-state index contributed by atoms with van der Waals surface area (Å²) >= 11 is 0. The maximum Gasteiger partial charge on any atom is 0.328 e. The molecule has 0 saturated heterocycles. The molecule has 0 saturated carbocycles. The number of amides is 1. The first-order valence-corrected chi connectivity index (χ1v) is 9.32. The van der Waals surface area contributed by atoms with Crippen molar-refractivity contribution in [3.05, 3.63) is 65.7 Å². The summed E-state index contributed by atoms with van der Waals surface area (Å²) in [4.78, 5) is 40.5. The van der Waals surface area contributed by atoms with Crippen LogP contribution in [0.25, 0.3) is 0 Å². The van der Waals surface area contributed by atoms with Crippen molar-refractivity contribution in [3.63, 3.8) is 0 Å². The van der Waals surface area contributed by atoms with Gasteiger partial charge in [0.05, 0.1) is 26.2 Å². The van der Waals surface area contributed by atoms with E-state index in [1.54, 1.807) is 43.0 Å². The van der Waals surface area contributed by atoms with Crippen LogP contribution in [0.2, 0.25) is 0 Å². The molecule has 6 nitrogen and oxygen atoms in total. The highest BCUT2D eigenvalue weighted by Crippen LogP contribution is 2.43. The molecule has 28 heavy (non-hydrogen) atoms. The highest BCUT2D eigenvalue weighted by atomic mass is 16.6. The van der Waals surface area contributed by atoms with Gasteiger partial charge in [-0.25, -0.2) is 0 Å². The monoisotopic (exact) mass is 381 g/mol. The van der Waals surface area contributed by atoms with E-state index in [4.69, 9.17) is 9.47 Å². The lowest BCUT2D eigenvalue weighted by Crippen LogP contribution is -2.54. The molecule has 2 aromatic rings. The van der Waals surface area contributed by atoms with Gasteiger partial charge in [-0.1, -0.05) is 48.5 Å². The first kappa shape index (κ1) is 19.6. The van der Waals surface area contributed by atoms with E-state index >= 15 is 0 Å². The standard InChI is InChI=1S/C22H23NO5/c1-3-27-20(25)22(21(26)28-4-2)14-19(24)23(15-16-10-6-5-7-11-16)18-13-9-8-12-17(18)22/h5-13H,3-4,14-15H2,1-2H3. The second kappa shape index (κ2) is 8.25. The van der Waals surface area contributed by atoms with Gasteiger partial charge in [-0.05, 0) is 25.5 Å². The Morgan fingerprint density at radius 1 is 0.929 bits per heavy atom. The molecule has 0 N–H and O–H groups in total. The van der Waals surface area contributed by atoms with Gasteiger partial charge in [0.15, 0.2) is 0 Å². The number of fused-ring (bicyclic) bond motifs is 1. The van der Waals surface area contributed by atoms with E-state index in [0.29, 0.717) is 17.8 Å². The third kappa shape index (κ3) is 3.38. The number of hydrogen-bond acceptors (Lipinski definition) is 5. The molecule has 1 aliphatic heterocycles. The molecule has 3 rings (SSSR count). The van der Waals surface area contributed by atoms with Crippen LogP contribution in [0.5, 0.6) is 0 Å². The molecule has 0 aliphatic carbocycles. The first-order chi connectivity index (χ1) is 13.5. The average Bonchev–Trinajstić information content (AvgIpc) is 2.71. The molecule has 2 aromatic carbocycles. The third-order valence-electron chi connectivity index (χ3n) is 4.80. The van der Waals surface area contributed by atoms with E-state index in [9.17, 15) is 14.4 Å². The Balaban J connectivity index is 2.12. The van der Waals surface area contributed by atoms with E-state index in [1.165, 1.54) is 0 Å². The van der Waals surface area contributed by atoms with Crippen molar-refractivity contribution in [1.82, 2.24) is 0 Å². The van der Waals surface area contributed by atoms with Gasteiger partial charge in [0, 0.05) is 11.3 Å². The van der Waals surface area contributed by atoms with Gasteiger partial charge in [-0.15, -0.1) is 0 Å². The normalized spacial score (nSPS) is 14.9. The summed E-state index contributed by atoms with van der Waals surface area (Å²) in [6.07, 6.45) is -0.325. The minimum Gasteiger partial charge on any atom is -0.465 e. The Bertz CT molecular complexity index is 860. The van der Waals surface area contributed by atoms with Crippen molar-refractivity contribution in [3.8, 4) is 0 Å². The predicted molar refractivity (Wildman–Crippen MR) is 104 cm³/mol. The number of carbonyl (C=O) groups is 3. The molecule has 0 atom stereocenters. The van der Waals surface area contributed by atoms with E-state index in [-0.39, 0.29) is 25.5 Å². The lowest BCUT2D eigenvalue weighted by Gasteiger charge is -2.39. The fourth-order valence-corrected chi connectivity index (χ4v) is 3.52. The summed E-state index contributed by atoms with van der Waals surface area (Å²) in [6.45, 7) is 3.87. The van der Waals surface area contributed by atoms with Gasteiger partial charge in [0.25, 0.3) is 0 Å². The second-order valence-electron chi connectivity index (χ2n) is 6.51. The Labute approximate surface area is 164 Å². The lowest BCUT2D eigenvalue weighted by molar-refractivity contribution is -0.167. The molecule has 146 valence electrons. The number of nitrogens with zero attached hydrogens (tertiary/aromatic N) is 1. The molecule has 0 fully saturated rings. The molecule has 1 heterocycles. The molecule has 0 spiro atoms. The maximum absolute atomic E-state index is 13.1. The summed E-state index contributed by atoms with van der Waals surface area (Å²) in [6, 6.07) is 16.5. The molecular formula is C22H23NO5. The first-order valence-electron chi connectivity index (χ1n) is 9.32. The molecule has 0 unspecified atom stereocenters. The zero-order valence-electron chi connectivity index (χ0n) is 16.0. The van der Waals surface area contributed by atoms with Crippen LogP contribution in [0, 0.1) is 0 Å². The molecule has 0 bridgehead atoms. The van der Waals surface area contributed by atoms with Crippen molar-refractivity contribution in [2.24, 2.45) is 0 Å². The van der Waals surface area contributed by atoms with Gasteiger partial charge in [-0.2, -0.15) is 0 Å².